The highest BCUT2D eigenvalue weighted by molar-refractivity contribution is 5.50. The van der Waals surface area contributed by atoms with Gasteiger partial charge < -0.3 is 4.90 Å². The molecular weight excluding hydrogens is 244 g/mol. The SMILES string of the molecule is CCCC(C)c1ccc(N2CC3CCC2CN3C)cc1. The summed E-state index contributed by atoms with van der Waals surface area (Å²) in [5, 5.41) is 0. The fourth-order valence-electron chi connectivity index (χ4n) is 3.95. The van der Waals surface area contributed by atoms with Crippen LogP contribution in [-0.4, -0.2) is 37.1 Å². The van der Waals surface area contributed by atoms with E-state index in [0.29, 0.717) is 5.92 Å². The molecule has 1 aromatic rings. The summed E-state index contributed by atoms with van der Waals surface area (Å²) in [6, 6.07) is 10.9. The van der Waals surface area contributed by atoms with Gasteiger partial charge in [0.2, 0.25) is 0 Å². The molecule has 20 heavy (non-hydrogen) atoms. The number of rotatable bonds is 4. The fraction of sp³-hybridized carbons (Fsp3) is 0.667. The first-order chi connectivity index (χ1) is 9.69. The zero-order chi connectivity index (χ0) is 14.1. The van der Waals surface area contributed by atoms with Crippen LogP contribution in [0.4, 0.5) is 5.69 Å². The lowest BCUT2D eigenvalue weighted by Crippen LogP contribution is -2.61. The van der Waals surface area contributed by atoms with Gasteiger partial charge in [0.25, 0.3) is 0 Å². The first kappa shape index (κ1) is 13.9. The molecule has 0 aliphatic carbocycles. The van der Waals surface area contributed by atoms with E-state index in [1.807, 2.05) is 0 Å². The third-order valence-corrected chi connectivity index (χ3v) is 5.32. The van der Waals surface area contributed by atoms with Gasteiger partial charge in [-0.25, -0.2) is 0 Å². The van der Waals surface area contributed by atoms with Crippen LogP contribution in [0.5, 0.6) is 0 Å². The maximum atomic E-state index is 2.64. The van der Waals surface area contributed by atoms with Gasteiger partial charge in [-0.2, -0.15) is 0 Å². The van der Waals surface area contributed by atoms with Gasteiger partial charge in [-0.15, -0.1) is 0 Å². The van der Waals surface area contributed by atoms with Crippen LogP contribution in [0, 0.1) is 0 Å². The largest absolute Gasteiger partial charge is 0.366 e. The molecule has 0 radical (unpaired) electrons. The van der Waals surface area contributed by atoms with Gasteiger partial charge in [-0.3, -0.25) is 4.90 Å². The average Bonchev–Trinajstić information content (AvgIpc) is 2.48. The van der Waals surface area contributed by atoms with Gasteiger partial charge in [-0.05, 0) is 49.9 Å². The van der Waals surface area contributed by atoms with E-state index in [1.54, 1.807) is 0 Å². The molecule has 3 aliphatic rings. The Balaban J connectivity index is 1.72. The molecule has 3 saturated heterocycles. The lowest BCUT2D eigenvalue weighted by Gasteiger charge is -2.51. The summed E-state index contributed by atoms with van der Waals surface area (Å²) < 4.78 is 0. The normalized spacial score (nSPS) is 27.9. The predicted molar refractivity (Wildman–Crippen MR) is 86.6 cm³/mol. The molecule has 0 aromatic heterocycles. The van der Waals surface area contributed by atoms with Gasteiger partial charge in [0, 0.05) is 30.9 Å². The Morgan fingerprint density at radius 2 is 1.80 bits per heavy atom. The van der Waals surface area contributed by atoms with E-state index in [-0.39, 0.29) is 0 Å². The summed E-state index contributed by atoms with van der Waals surface area (Å²) in [5.74, 6) is 0.693. The van der Waals surface area contributed by atoms with Crippen molar-refractivity contribution in [3.63, 3.8) is 0 Å². The van der Waals surface area contributed by atoms with E-state index in [0.717, 1.165) is 12.1 Å². The molecule has 2 heteroatoms. The minimum atomic E-state index is 0.693. The Kier molecular flexibility index (Phi) is 4.02. The Bertz CT molecular complexity index is 439. The molecular formula is C18H28N2. The highest BCUT2D eigenvalue weighted by atomic mass is 15.3. The third kappa shape index (κ3) is 2.58. The first-order valence-electron chi connectivity index (χ1n) is 8.26. The number of piperidine rings is 2. The summed E-state index contributed by atoms with van der Waals surface area (Å²) in [6.45, 7) is 7.06. The van der Waals surface area contributed by atoms with Gasteiger partial charge in [0.05, 0.1) is 0 Å². The highest BCUT2D eigenvalue weighted by Crippen LogP contribution is 2.32. The van der Waals surface area contributed by atoms with Crippen molar-refractivity contribution in [3.8, 4) is 0 Å². The van der Waals surface area contributed by atoms with Gasteiger partial charge in [0.15, 0.2) is 0 Å². The first-order valence-corrected chi connectivity index (χ1v) is 8.26. The molecule has 0 amide bonds. The van der Waals surface area contributed by atoms with Crippen LogP contribution in [-0.2, 0) is 0 Å². The van der Waals surface area contributed by atoms with E-state index in [9.17, 15) is 0 Å². The summed E-state index contributed by atoms with van der Waals surface area (Å²) in [4.78, 5) is 5.19. The second kappa shape index (κ2) is 5.77. The van der Waals surface area contributed by atoms with E-state index >= 15 is 0 Å². The summed E-state index contributed by atoms with van der Waals surface area (Å²) in [6.07, 6.45) is 5.30. The number of likely N-dealkylation sites (N-methyl/N-ethyl adjacent to an activating group) is 1. The summed E-state index contributed by atoms with van der Waals surface area (Å²) >= 11 is 0. The number of nitrogens with zero attached hydrogens (tertiary/aromatic N) is 2. The van der Waals surface area contributed by atoms with Crippen molar-refractivity contribution in [2.75, 3.05) is 25.0 Å². The summed E-state index contributed by atoms with van der Waals surface area (Å²) in [7, 11) is 2.28. The zero-order valence-corrected chi connectivity index (χ0v) is 13.2. The van der Waals surface area contributed by atoms with Gasteiger partial charge >= 0.3 is 0 Å². The number of anilines is 1. The number of fused-ring (bicyclic) bond motifs is 3. The van der Waals surface area contributed by atoms with Crippen LogP contribution < -0.4 is 4.90 Å². The molecule has 110 valence electrons. The standard InChI is InChI=1S/C18H28N2/c1-4-5-14(2)15-6-8-16(9-7-15)20-13-17-10-11-18(20)12-19(17)3/h6-9,14,17-18H,4-5,10-13H2,1-3H3. The Labute approximate surface area is 123 Å². The van der Waals surface area contributed by atoms with Crippen LogP contribution in [0.15, 0.2) is 24.3 Å². The highest BCUT2D eigenvalue weighted by Gasteiger charge is 2.36. The van der Waals surface area contributed by atoms with E-state index in [4.69, 9.17) is 0 Å². The van der Waals surface area contributed by atoms with Crippen molar-refractivity contribution in [1.29, 1.82) is 0 Å². The zero-order valence-electron chi connectivity index (χ0n) is 13.2. The molecule has 2 nitrogen and oxygen atoms in total. The quantitative estimate of drug-likeness (QED) is 0.821. The van der Waals surface area contributed by atoms with E-state index < -0.39 is 0 Å². The lowest BCUT2D eigenvalue weighted by molar-refractivity contribution is 0.125. The monoisotopic (exact) mass is 272 g/mol. The van der Waals surface area contributed by atoms with E-state index in [1.165, 1.54) is 50.0 Å². The second-order valence-electron chi connectivity index (χ2n) is 6.76. The van der Waals surface area contributed by atoms with E-state index in [2.05, 4.69) is 55.0 Å². The van der Waals surface area contributed by atoms with Crippen molar-refractivity contribution in [2.24, 2.45) is 0 Å². The third-order valence-electron chi connectivity index (χ3n) is 5.32. The topological polar surface area (TPSA) is 6.48 Å². The van der Waals surface area contributed by atoms with Crippen LogP contribution in [0.25, 0.3) is 0 Å². The molecule has 3 unspecified atom stereocenters. The van der Waals surface area contributed by atoms with Crippen molar-refractivity contribution in [3.05, 3.63) is 29.8 Å². The molecule has 3 aliphatic heterocycles. The average molecular weight is 272 g/mol. The molecule has 4 rings (SSSR count). The maximum absolute atomic E-state index is 2.64. The fourth-order valence-corrected chi connectivity index (χ4v) is 3.95. The molecule has 3 heterocycles. The minimum absolute atomic E-state index is 0.693. The van der Waals surface area contributed by atoms with Crippen molar-refractivity contribution in [2.45, 2.75) is 57.5 Å². The molecule has 0 N–H and O–H groups in total. The summed E-state index contributed by atoms with van der Waals surface area (Å²) in [5.41, 5.74) is 2.93. The second-order valence-corrected chi connectivity index (χ2v) is 6.76. The van der Waals surface area contributed by atoms with Crippen LogP contribution in [0.1, 0.15) is 51.0 Å². The minimum Gasteiger partial charge on any atom is -0.366 e. The number of benzene rings is 1. The van der Waals surface area contributed by atoms with Crippen molar-refractivity contribution >= 4 is 5.69 Å². The molecule has 0 spiro atoms. The Hall–Kier alpha value is -1.02. The molecule has 1 aromatic carbocycles. The smallest absolute Gasteiger partial charge is 0.0418 e. The molecule has 2 bridgehead atoms. The number of hydrogen-bond acceptors (Lipinski definition) is 2. The predicted octanol–water partition coefficient (Wildman–Crippen LogP) is 3.87. The number of piperazine rings is 1. The molecule has 3 atom stereocenters. The Morgan fingerprint density at radius 3 is 2.35 bits per heavy atom. The van der Waals surface area contributed by atoms with Gasteiger partial charge in [-0.1, -0.05) is 32.4 Å². The van der Waals surface area contributed by atoms with Gasteiger partial charge in [0.1, 0.15) is 0 Å². The molecule has 0 saturated carbocycles. The lowest BCUT2D eigenvalue weighted by atomic mass is 9.90. The van der Waals surface area contributed by atoms with Crippen molar-refractivity contribution in [1.82, 2.24) is 4.90 Å². The van der Waals surface area contributed by atoms with Crippen LogP contribution in [0.2, 0.25) is 0 Å². The maximum Gasteiger partial charge on any atom is 0.0418 e. The van der Waals surface area contributed by atoms with Crippen molar-refractivity contribution < 1.29 is 0 Å². The number of hydrogen-bond donors (Lipinski definition) is 0. The van der Waals surface area contributed by atoms with Crippen LogP contribution in [0.3, 0.4) is 0 Å². The Morgan fingerprint density at radius 1 is 1.10 bits per heavy atom. The molecule has 3 fully saturated rings. The van der Waals surface area contributed by atoms with Crippen LogP contribution >= 0.6 is 0 Å².